The van der Waals surface area contributed by atoms with E-state index in [0.29, 0.717) is 12.8 Å². The van der Waals surface area contributed by atoms with Crippen molar-refractivity contribution in [3.63, 3.8) is 0 Å². The number of aliphatic hydroxyl groups is 1. The average Bonchev–Trinajstić information content (AvgIpc) is 2.60. The van der Waals surface area contributed by atoms with E-state index < -0.39 is 48.2 Å². The first kappa shape index (κ1) is 27.6. The third kappa shape index (κ3) is 10.4. The second-order valence-electron chi connectivity index (χ2n) is 8.73. The molecule has 0 saturated heterocycles. The van der Waals surface area contributed by atoms with Gasteiger partial charge < -0.3 is 30.7 Å². The summed E-state index contributed by atoms with van der Waals surface area (Å²) in [6, 6.07) is -1.59. The largest absolute Gasteiger partial charge is 0.444 e. The molecule has 174 valence electrons. The van der Waals surface area contributed by atoms with Crippen LogP contribution in [0, 0.1) is 5.92 Å². The fourth-order valence-electron chi connectivity index (χ4n) is 2.55. The fraction of sp³-hybridized carbons (Fsp3) is 0.800. The Labute approximate surface area is 179 Å². The Morgan fingerprint density at radius 2 is 1.63 bits per heavy atom. The molecule has 0 aliphatic carbocycles. The highest BCUT2D eigenvalue weighted by Gasteiger charge is 2.30. The molecule has 10 heteroatoms. The summed E-state index contributed by atoms with van der Waals surface area (Å²) in [4.78, 5) is 50.0. The van der Waals surface area contributed by atoms with E-state index in [-0.39, 0.29) is 11.8 Å². The standard InChI is InChI=1S/C20H38N4O6/c1-9-10-13(22-19(29)30-20(4,5)6)16(26)17(27)21-11-14(25)23-15(12(2)3)18(28)24(7)8/h12-13,15-16,26H,9-11H2,1-8H3,(H,21,27)(H,22,29)(H,23,25)/t13-,15-,16?/m0/s1. The Morgan fingerprint density at radius 3 is 2.07 bits per heavy atom. The number of hydrogen-bond donors (Lipinski definition) is 4. The number of amides is 4. The first-order chi connectivity index (χ1) is 13.7. The number of hydrogen-bond acceptors (Lipinski definition) is 6. The summed E-state index contributed by atoms with van der Waals surface area (Å²) in [5.41, 5.74) is -0.719. The lowest BCUT2D eigenvalue weighted by molar-refractivity contribution is -0.136. The zero-order chi connectivity index (χ0) is 23.6. The maximum Gasteiger partial charge on any atom is 0.407 e. The molecule has 4 N–H and O–H groups in total. The van der Waals surface area contributed by atoms with Gasteiger partial charge in [-0.15, -0.1) is 0 Å². The van der Waals surface area contributed by atoms with Gasteiger partial charge in [-0.1, -0.05) is 27.2 Å². The monoisotopic (exact) mass is 430 g/mol. The Bertz CT molecular complexity index is 601. The van der Waals surface area contributed by atoms with E-state index in [1.54, 1.807) is 48.7 Å². The second kappa shape index (κ2) is 12.4. The van der Waals surface area contributed by atoms with Crippen LogP contribution in [0.15, 0.2) is 0 Å². The van der Waals surface area contributed by atoms with Gasteiger partial charge in [-0.3, -0.25) is 14.4 Å². The number of alkyl carbamates (subject to hydrolysis) is 1. The van der Waals surface area contributed by atoms with Crippen LogP contribution in [-0.4, -0.2) is 78.3 Å². The number of ether oxygens (including phenoxy) is 1. The third-order valence-corrected chi connectivity index (χ3v) is 4.06. The summed E-state index contributed by atoms with van der Waals surface area (Å²) >= 11 is 0. The van der Waals surface area contributed by atoms with Gasteiger partial charge in [0.05, 0.1) is 12.6 Å². The molecule has 0 saturated carbocycles. The first-order valence-electron chi connectivity index (χ1n) is 10.1. The Kier molecular flexibility index (Phi) is 11.4. The molecule has 30 heavy (non-hydrogen) atoms. The number of aliphatic hydroxyl groups excluding tert-OH is 1. The number of rotatable bonds is 10. The smallest absolute Gasteiger partial charge is 0.407 e. The molecule has 3 atom stereocenters. The molecule has 1 unspecified atom stereocenters. The molecular weight excluding hydrogens is 392 g/mol. The average molecular weight is 431 g/mol. The van der Waals surface area contributed by atoms with Crippen LogP contribution in [0.25, 0.3) is 0 Å². The van der Waals surface area contributed by atoms with E-state index in [4.69, 9.17) is 4.74 Å². The fourth-order valence-corrected chi connectivity index (χ4v) is 2.55. The van der Waals surface area contributed by atoms with Crippen molar-refractivity contribution in [1.29, 1.82) is 0 Å². The minimum Gasteiger partial charge on any atom is -0.444 e. The van der Waals surface area contributed by atoms with Crippen LogP contribution >= 0.6 is 0 Å². The molecule has 0 spiro atoms. The first-order valence-corrected chi connectivity index (χ1v) is 10.1. The summed E-state index contributed by atoms with van der Waals surface area (Å²) < 4.78 is 5.16. The maximum absolute atomic E-state index is 12.3. The van der Waals surface area contributed by atoms with Gasteiger partial charge in [-0.05, 0) is 33.1 Å². The van der Waals surface area contributed by atoms with Crippen LogP contribution in [0.1, 0.15) is 54.4 Å². The molecule has 10 nitrogen and oxygen atoms in total. The predicted molar refractivity (Wildman–Crippen MR) is 113 cm³/mol. The molecule has 0 rings (SSSR count). The van der Waals surface area contributed by atoms with Gasteiger partial charge in [0.25, 0.3) is 5.91 Å². The van der Waals surface area contributed by atoms with Crippen LogP contribution in [0.4, 0.5) is 4.79 Å². The van der Waals surface area contributed by atoms with Crippen LogP contribution < -0.4 is 16.0 Å². The number of nitrogens with zero attached hydrogens (tertiary/aromatic N) is 1. The van der Waals surface area contributed by atoms with E-state index in [1.807, 2.05) is 6.92 Å². The van der Waals surface area contributed by atoms with Crippen LogP contribution in [0.5, 0.6) is 0 Å². The molecule has 0 aromatic carbocycles. The lowest BCUT2D eigenvalue weighted by Crippen LogP contribution is -2.54. The normalized spacial score (nSPS) is 14.3. The highest BCUT2D eigenvalue weighted by Crippen LogP contribution is 2.09. The quantitative estimate of drug-likeness (QED) is 0.396. The molecule has 0 aromatic rings. The lowest BCUT2D eigenvalue weighted by Gasteiger charge is -2.26. The van der Waals surface area contributed by atoms with Crippen molar-refractivity contribution in [1.82, 2.24) is 20.9 Å². The molecule has 0 aromatic heterocycles. The topological polar surface area (TPSA) is 137 Å². The molecule has 0 heterocycles. The van der Waals surface area contributed by atoms with Gasteiger partial charge in [-0.2, -0.15) is 0 Å². The summed E-state index contributed by atoms with van der Waals surface area (Å²) in [6.45, 7) is 10.1. The van der Waals surface area contributed by atoms with E-state index in [0.717, 1.165) is 0 Å². The molecule has 0 aliphatic heterocycles. The molecule has 0 fully saturated rings. The highest BCUT2D eigenvalue weighted by molar-refractivity contribution is 5.91. The molecule has 4 amide bonds. The Morgan fingerprint density at radius 1 is 1.07 bits per heavy atom. The van der Waals surface area contributed by atoms with Crippen molar-refractivity contribution in [3.8, 4) is 0 Å². The van der Waals surface area contributed by atoms with Crippen molar-refractivity contribution in [2.45, 2.75) is 78.2 Å². The van der Waals surface area contributed by atoms with Crippen molar-refractivity contribution in [2.24, 2.45) is 5.92 Å². The van der Waals surface area contributed by atoms with Crippen LogP contribution in [-0.2, 0) is 19.1 Å². The van der Waals surface area contributed by atoms with Gasteiger partial charge in [0.1, 0.15) is 11.6 Å². The van der Waals surface area contributed by atoms with E-state index >= 15 is 0 Å². The number of likely N-dealkylation sites (N-methyl/N-ethyl adjacent to an activating group) is 1. The SMILES string of the molecule is CCC[C@H](NC(=O)OC(C)(C)C)C(O)C(=O)NCC(=O)N[C@H](C(=O)N(C)C)C(C)C. The summed E-state index contributed by atoms with van der Waals surface area (Å²) in [5, 5.41) is 17.7. The zero-order valence-electron chi connectivity index (χ0n) is 19.4. The number of carbonyl (C=O) groups is 4. The zero-order valence-corrected chi connectivity index (χ0v) is 19.4. The lowest BCUT2D eigenvalue weighted by atomic mass is 10.0. The summed E-state index contributed by atoms with van der Waals surface area (Å²) in [6.07, 6.45) is -1.36. The van der Waals surface area contributed by atoms with Crippen molar-refractivity contribution >= 4 is 23.8 Å². The minimum atomic E-state index is -1.56. The molecule has 0 aliphatic rings. The summed E-state index contributed by atoms with van der Waals surface area (Å²) in [7, 11) is 3.18. The van der Waals surface area contributed by atoms with Gasteiger partial charge in [-0.25, -0.2) is 4.79 Å². The van der Waals surface area contributed by atoms with Crippen molar-refractivity contribution < 1.29 is 29.0 Å². The molecule has 0 bridgehead atoms. The Hall–Kier alpha value is -2.36. The van der Waals surface area contributed by atoms with Crippen molar-refractivity contribution in [2.75, 3.05) is 20.6 Å². The maximum atomic E-state index is 12.3. The third-order valence-electron chi connectivity index (χ3n) is 4.06. The van der Waals surface area contributed by atoms with Crippen LogP contribution in [0.3, 0.4) is 0 Å². The van der Waals surface area contributed by atoms with Gasteiger partial charge >= 0.3 is 6.09 Å². The minimum absolute atomic E-state index is 0.142. The highest BCUT2D eigenvalue weighted by atomic mass is 16.6. The summed E-state index contributed by atoms with van der Waals surface area (Å²) in [5.74, 6) is -1.76. The molecular formula is C20H38N4O6. The van der Waals surface area contributed by atoms with Gasteiger partial charge in [0.15, 0.2) is 6.10 Å². The van der Waals surface area contributed by atoms with E-state index in [2.05, 4.69) is 16.0 Å². The number of nitrogens with one attached hydrogen (secondary N) is 3. The molecule has 0 radical (unpaired) electrons. The van der Waals surface area contributed by atoms with Gasteiger partial charge in [0, 0.05) is 14.1 Å². The predicted octanol–water partition coefficient (Wildman–Crippen LogP) is 0.386. The number of carbonyl (C=O) groups excluding carboxylic acids is 4. The van der Waals surface area contributed by atoms with E-state index in [9.17, 15) is 24.3 Å². The van der Waals surface area contributed by atoms with E-state index in [1.165, 1.54) is 4.90 Å². The second-order valence-corrected chi connectivity index (χ2v) is 8.73. The van der Waals surface area contributed by atoms with Crippen LogP contribution in [0.2, 0.25) is 0 Å². The van der Waals surface area contributed by atoms with Gasteiger partial charge in [0.2, 0.25) is 11.8 Å². The van der Waals surface area contributed by atoms with Crippen molar-refractivity contribution in [3.05, 3.63) is 0 Å². The Balaban J connectivity index is 4.85.